The maximum Gasteiger partial charge on any atom is 0.410 e. The summed E-state index contributed by atoms with van der Waals surface area (Å²) in [4.78, 5) is 26.8. The molecule has 0 aromatic carbocycles. The molecule has 2 amide bonds. The summed E-state index contributed by atoms with van der Waals surface area (Å²) in [6.07, 6.45) is 0.986. The van der Waals surface area contributed by atoms with Crippen LogP contribution in [-0.4, -0.2) is 53.1 Å². The van der Waals surface area contributed by atoms with E-state index in [1.165, 1.54) is 6.08 Å². The Morgan fingerprint density at radius 3 is 2.39 bits per heavy atom. The quantitative estimate of drug-likeness (QED) is 0.668. The highest BCUT2D eigenvalue weighted by molar-refractivity contribution is 5.87. The van der Waals surface area contributed by atoms with Crippen molar-refractivity contribution in [2.75, 3.05) is 19.6 Å². The summed E-state index contributed by atoms with van der Waals surface area (Å²) in [5.41, 5.74) is -0.492. The minimum Gasteiger partial charge on any atom is -0.444 e. The average Bonchev–Trinajstić information content (AvgIpc) is 2.25. The highest BCUT2D eigenvalue weighted by atomic mass is 16.6. The summed E-state index contributed by atoms with van der Waals surface area (Å²) in [7, 11) is 0. The second-order valence-corrected chi connectivity index (χ2v) is 5.51. The molecule has 0 N–H and O–H groups in total. The summed E-state index contributed by atoms with van der Waals surface area (Å²) in [6, 6.07) is -0.0169. The van der Waals surface area contributed by atoms with Gasteiger partial charge in [0, 0.05) is 25.7 Å². The molecule has 0 aliphatic carbocycles. The molecule has 0 aromatic heterocycles. The van der Waals surface area contributed by atoms with Gasteiger partial charge in [-0.15, -0.1) is 0 Å². The molecule has 18 heavy (non-hydrogen) atoms. The standard InChI is InChI=1S/C13H22N2O3/c1-6-11(16)15-8-7-14(9-10(15)2)12(17)18-13(3,4)5/h6,10H,1,7-9H2,2-5H3. The van der Waals surface area contributed by atoms with Gasteiger partial charge >= 0.3 is 6.09 Å². The largest absolute Gasteiger partial charge is 0.444 e. The average molecular weight is 254 g/mol. The van der Waals surface area contributed by atoms with Gasteiger partial charge in [0.15, 0.2) is 0 Å². The zero-order chi connectivity index (χ0) is 13.9. The predicted octanol–water partition coefficient (Wildman–Crippen LogP) is 1.64. The molecule has 0 spiro atoms. The van der Waals surface area contributed by atoms with Gasteiger partial charge < -0.3 is 14.5 Å². The number of carbonyl (C=O) groups is 2. The Morgan fingerprint density at radius 1 is 1.33 bits per heavy atom. The Kier molecular flexibility index (Phi) is 4.38. The molecular weight excluding hydrogens is 232 g/mol. The van der Waals surface area contributed by atoms with E-state index in [1.807, 2.05) is 27.7 Å². The van der Waals surface area contributed by atoms with Crippen LogP contribution in [0.4, 0.5) is 4.79 Å². The fraction of sp³-hybridized carbons (Fsp3) is 0.692. The van der Waals surface area contributed by atoms with Crippen molar-refractivity contribution in [3.63, 3.8) is 0 Å². The van der Waals surface area contributed by atoms with Gasteiger partial charge in [-0.3, -0.25) is 4.79 Å². The van der Waals surface area contributed by atoms with E-state index in [2.05, 4.69) is 6.58 Å². The number of carbonyl (C=O) groups excluding carboxylic acids is 2. The molecule has 1 atom stereocenters. The van der Waals surface area contributed by atoms with Crippen molar-refractivity contribution in [1.29, 1.82) is 0 Å². The minimum atomic E-state index is -0.492. The van der Waals surface area contributed by atoms with Gasteiger partial charge in [0.25, 0.3) is 0 Å². The maximum absolute atomic E-state index is 11.9. The van der Waals surface area contributed by atoms with Crippen molar-refractivity contribution in [3.05, 3.63) is 12.7 Å². The van der Waals surface area contributed by atoms with Gasteiger partial charge in [-0.05, 0) is 33.8 Å². The van der Waals surface area contributed by atoms with Gasteiger partial charge in [-0.1, -0.05) is 6.58 Å². The summed E-state index contributed by atoms with van der Waals surface area (Å²) < 4.78 is 5.31. The lowest BCUT2D eigenvalue weighted by molar-refractivity contribution is -0.130. The molecule has 0 aromatic rings. The van der Waals surface area contributed by atoms with E-state index < -0.39 is 5.60 Å². The number of nitrogens with zero attached hydrogens (tertiary/aromatic N) is 2. The number of rotatable bonds is 1. The highest BCUT2D eigenvalue weighted by Gasteiger charge is 2.30. The molecule has 1 saturated heterocycles. The van der Waals surface area contributed by atoms with Crippen LogP contribution in [0, 0.1) is 0 Å². The molecule has 1 heterocycles. The van der Waals surface area contributed by atoms with Crippen LogP contribution >= 0.6 is 0 Å². The van der Waals surface area contributed by atoms with Crippen LogP contribution in [0.3, 0.4) is 0 Å². The van der Waals surface area contributed by atoms with E-state index in [0.717, 1.165) is 0 Å². The monoisotopic (exact) mass is 254 g/mol. The van der Waals surface area contributed by atoms with E-state index in [9.17, 15) is 9.59 Å². The van der Waals surface area contributed by atoms with Gasteiger partial charge in [0.2, 0.25) is 5.91 Å². The third-order valence-electron chi connectivity index (χ3n) is 2.74. The fourth-order valence-corrected chi connectivity index (χ4v) is 1.89. The second-order valence-electron chi connectivity index (χ2n) is 5.51. The van der Waals surface area contributed by atoms with Crippen LogP contribution in [0.1, 0.15) is 27.7 Å². The molecule has 0 bridgehead atoms. The first kappa shape index (κ1) is 14.5. The highest BCUT2D eigenvalue weighted by Crippen LogP contribution is 2.15. The molecule has 1 fully saturated rings. The van der Waals surface area contributed by atoms with E-state index in [4.69, 9.17) is 4.74 Å². The van der Waals surface area contributed by atoms with Crippen LogP contribution < -0.4 is 0 Å². The number of piperazine rings is 1. The number of hydrogen-bond acceptors (Lipinski definition) is 3. The number of amides is 2. The molecule has 102 valence electrons. The van der Waals surface area contributed by atoms with Crippen molar-refractivity contribution in [1.82, 2.24) is 9.80 Å². The molecule has 1 aliphatic rings. The topological polar surface area (TPSA) is 49.9 Å². The molecule has 5 nitrogen and oxygen atoms in total. The van der Waals surface area contributed by atoms with Gasteiger partial charge in [-0.25, -0.2) is 4.79 Å². The first-order valence-electron chi connectivity index (χ1n) is 6.15. The third kappa shape index (κ3) is 3.75. The summed E-state index contributed by atoms with van der Waals surface area (Å²) >= 11 is 0. The summed E-state index contributed by atoms with van der Waals surface area (Å²) in [5.74, 6) is -0.0914. The van der Waals surface area contributed by atoms with E-state index in [1.54, 1.807) is 9.80 Å². The normalized spacial score (nSPS) is 20.6. The molecule has 1 unspecified atom stereocenters. The van der Waals surface area contributed by atoms with Gasteiger partial charge in [0.1, 0.15) is 5.60 Å². The van der Waals surface area contributed by atoms with Crippen LogP contribution in [0.25, 0.3) is 0 Å². The predicted molar refractivity (Wildman–Crippen MR) is 69.2 cm³/mol. The first-order valence-corrected chi connectivity index (χ1v) is 6.15. The summed E-state index contributed by atoms with van der Waals surface area (Å²) in [5, 5.41) is 0. The van der Waals surface area contributed by atoms with Crippen molar-refractivity contribution >= 4 is 12.0 Å². The van der Waals surface area contributed by atoms with Crippen molar-refractivity contribution in [3.8, 4) is 0 Å². The Balaban J connectivity index is 2.58. The lowest BCUT2D eigenvalue weighted by atomic mass is 10.2. The first-order chi connectivity index (χ1) is 8.24. The molecule has 1 rings (SSSR count). The van der Waals surface area contributed by atoms with Gasteiger partial charge in [0.05, 0.1) is 0 Å². The minimum absolute atomic E-state index is 0.0169. The molecule has 0 radical (unpaired) electrons. The van der Waals surface area contributed by atoms with E-state index in [-0.39, 0.29) is 18.0 Å². The van der Waals surface area contributed by atoms with Gasteiger partial charge in [-0.2, -0.15) is 0 Å². The number of hydrogen-bond donors (Lipinski definition) is 0. The second kappa shape index (κ2) is 5.42. The van der Waals surface area contributed by atoms with Crippen LogP contribution in [-0.2, 0) is 9.53 Å². The van der Waals surface area contributed by atoms with E-state index >= 15 is 0 Å². The van der Waals surface area contributed by atoms with Crippen molar-refractivity contribution in [2.24, 2.45) is 0 Å². The van der Waals surface area contributed by atoms with Crippen molar-refractivity contribution < 1.29 is 14.3 Å². The van der Waals surface area contributed by atoms with E-state index in [0.29, 0.717) is 19.6 Å². The lowest BCUT2D eigenvalue weighted by Gasteiger charge is -2.39. The zero-order valence-electron chi connectivity index (χ0n) is 11.6. The third-order valence-corrected chi connectivity index (χ3v) is 2.74. The smallest absolute Gasteiger partial charge is 0.410 e. The summed E-state index contributed by atoms with van der Waals surface area (Å²) in [6.45, 7) is 12.4. The van der Waals surface area contributed by atoms with Crippen LogP contribution in [0.2, 0.25) is 0 Å². The molecular formula is C13H22N2O3. The molecule has 5 heteroatoms. The lowest BCUT2D eigenvalue weighted by Crippen LogP contribution is -2.55. The van der Waals surface area contributed by atoms with Crippen LogP contribution in [0.15, 0.2) is 12.7 Å². The SMILES string of the molecule is C=CC(=O)N1CCN(C(=O)OC(C)(C)C)CC1C. The zero-order valence-corrected chi connectivity index (χ0v) is 11.6. The fourth-order valence-electron chi connectivity index (χ4n) is 1.89. The molecule has 1 aliphatic heterocycles. The Labute approximate surface area is 108 Å². The molecule has 0 saturated carbocycles. The number of ether oxygens (including phenoxy) is 1. The Morgan fingerprint density at radius 2 is 1.94 bits per heavy atom. The van der Waals surface area contributed by atoms with Crippen molar-refractivity contribution in [2.45, 2.75) is 39.3 Å². The Hall–Kier alpha value is -1.52. The Bertz CT molecular complexity index is 347. The van der Waals surface area contributed by atoms with Crippen LogP contribution in [0.5, 0.6) is 0 Å². The maximum atomic E-state index is 11.9.